The summed E-state index contributed by atoms with van der Waals surface area (Å²) in [5.74, 6) is -1.75. The largest absolute Gasteiger partial charge is 0.353 e. The number of pyridine rings is 1. The summed E-state index contributed by atoms with van der Waals surface area (Å²) >= 11 is 0. The van der Waals surface area contributed by atoms with Crippen molar-refractivity contribution in [3.63, 3.8) is 0 Å². The Morgan fingerprint density at radius 2 is 1.61 bits per heavy atom. The fraction of sp³-hybridized carbons (Fsp3) is 0.167. The average molecular weight is 464 g/mol. The van der Waals surface area contributed by atoms with E-state index in [1.54, 1.807) is 36.4 Å². The lowest BCUT2D eigenvalue weighted by Crippen LogP contribution is -2.42. The Balaban J connectivity index is 1.52. The Hall–Kier alpha value is -3.85. The zero-order valence-corrected chi connectivity index (χ0v) is 18.6. The number of hydrogen-bond donors (Lipinski definition) is 1. The molecule has 0 saturated carbocycles. The van der Waals surface area contributed by atoms with Crippen LogP contribution in [0.2, 0.25) is 0 Å². The maximum Gasteiger partial charge on any atom is 0.262 e. The van der Waals surface area contributed by atoms with Gasteiger partial charge in [0, 0.05) is 18.9 Å². The summed E-state index contributed by atoms with van der Waals surface area (Å²) < 4.78 is 26.7. The number of imide groups is 1. The van der Waals surface area contributed by atoms with Gasteiger partial charge in [-0.15, -0.1) is 0 Å². The van der Waals surface area contributed by atoms with E-state index in [1.807, 2.05) is 6.92 Å². The minimum absolute atomic E-state index is 0.122. The number of nitrogens with zero attached hydrogens (tertiary/aromatic N) is 2. The van der Waals surface area contributed by atoms with Gasteiger partial charge in [-0.3, -0.25) is 24.3 Å². The van der Waals surface area contributed by atoms with Crippen LogP contribution < -0.4 is 5.32 Å². The van der Waals surface area contributed by atoms with Gasteiger partial charge in [0.2, 0.25) is 5.91 Å². The molecule has 33 heavy (non-hydrogen) atoms. The van der Waals surface area contributed by atoms with Crippen molar-refractivity contribution in [3.05, 3.63) is 95.3 Å². The van der Waals surface area contributed by atoms with E-state index in [0.717, 1.165) is 10.5 Å². The molecule has 168 valence electrons. The molecular weight excluding hydrogens is 442 g/mol. The highest BCUT2D eigenvalue weighted by Gasteiger charge is 2.36. The summed E-state index contributed by atoms with van der Waals surface area (Å²) in [7, 11) is -3.86. The second-order valence-electron chi connectivity index (χ2n) is 7.68. The second kappa shape index (κ2) is 8.95. The molecular formula is C24H21N3O5S. The minimum atomic E-state index is -3.86. The number of amides is 3. The SMILES string of the molecule is Cc1ccc(S(=O)(=O)C(CNC(=O)CN2C(=O)c3ccccc3C2=O)c2cccnc2)cc1. The molecule has 0 saturated heterocycles. The first kappa shape index (κ1) is 22.3. The molecule has 0 fully saturated rings. The number of aryl methyl sites for hydroxylation is 1. The monoisotopic (exact) mass is 463 g/mol. The number of carbonyl (C=O) groups excluding carboxylic acids is 3. The van der Waals surface area contributed by atoms with Crippen molar-refractivity contribution in [2.75, 3.05) is 13.1 Å². The van der Waals surface area contributed by atoms with Gasteiger partial charge < -0.3 is 5.32 Å². The molecule has 0 spiro atoms. The highest BCUT2D eigenvalue weighted by atomic mass is 32.2. The van der Waals surface area contributed by atoms with Crippen LogP contribution >= 0.6 is 0 Å². The maximum atomic E-state index is 13.4. The first-order valence-corrected chi connectivity index (χ1v) is 11.8. The number of rotatable bonds is 7. The lowest BCUT2D eigenvalue weighted by Gasteiger charge is -2.20. The summed E-state index contributed by atoms with van der Waals surface area (Å²) in [6.07, 6.45) is 2.96. The fourth-order valence-corrected chi connectivity index (χ4v) is 5.30. The number of carbonyl (C=O) groups is 3. The molecule has 0 bridgehead atoms. The summed E-state index contributed by atoms with van der Waals surface area (Å²) in [6.45, 7) is 1.11. The van der Waals surface area contributed by atoms with Crippen molar-refractivity contribution >= 4 is 27.6 Å². The number of hydrogen-bond acceptors (Lipinski definition) is 6. The van der Waals surface area contributed by atoms with Gasteiger partial charge in [-0.2, -0.15) is 0 Å². The van der Waals surface area contributed by atoms with E-state index in [-0.39, 0.29) is 22.6 Å². The molecule has 1 aromatic heterocycles. The zero-order chi connectivity index (χ0) is 23.6. The fourth-order valence-electron chi connectivity index (χ4n) is 3.65. The normalized spacial score (nSPS) is 14.2. The van der Waals surface area contributed by atoms with Crippen molar-refractivity contribution in [2.45, 2.75) is 17.1 Å². The van der Waals surface area contributed by atoms with Crippen molar-refractivity contribution < 1.29 is 22.8 Å². The van der Waals surface area contributed by atoms with Gasteiger partial charge in [0.15, 0.2) is 9.84 Å². The minimum Gasteiger partial charge on any atom is -0.353 e. The first-order valence-electron chi connectivity index (χ1n) is 10.2. The predicted molar refractivity (Wildman–Crippen MR) is 120 cm³/mol. The van der Waals surface area contributed by atoms with E-state index in [0.29, 0.717) is 5.56 Å². The Bertz CT molecular complexity index is 1290. The molecule has 2 heterocycles. The number of nitrogens with one attached hydrogen (secondary N) is 1. The molecule has 1 atom stereocenters. The van der Waals surface area contributed by atoms with Crippen LogP contribution in [0.25, 0.3) is 0 Å². The quantitative estimate of drug-likeness (QED) is 0.538. The van der Waals surface area contributed by atoms with Crippen LogP contribution in [0.5, 0.6) is 0 Å². The van der Waals surface area contributed by atoms with E-state index >= 15 is 0 Å². The summed E-state index contributed by atoms with van der Waals surface area (Å²) in [5.41, 5.74) is 1.82. The van der Waals surface area contributed by atoms with Gasteiger partial charge in [0.05, 0.1) is 16.0 Å². The summed E-state index contributed by atoms with van der Waals surface area (Å²) in [5, 5.41) is 1.47. The van der Waals surface area contributed by atoms with Crippen LogP contribution in [0.3, 0.4) is 0 Å². The average Bonchev–Trinajstić information content (AvgIpc) is 3.05. The van der Waals surface area contributed by atoms with Gasteiger partial charge in [0.25, 0.3) is 11.8 Å². The van der Waals surface area contributed by atoms with E-state index in [1.165, 1.54) is 36.7 Å². The maximum absolute atomic E-state index is 13.4. The van der Waals surface area contributed by atoms with Crippen LogP contribution in [0, 0.1) is 6.92 Å². The topological polar surface area (TPSA) is 114 Å². The lowest BCUT2D eigenvalue weighted by atomic mass is 10.1. The molecule has 3 amide bonds. The molecule has 3 aromatic rings. The molecule has 9 heteroatoms. The Kier molecular flexibility index (Phi) is 6.06. The smallest absolute Gasteiger partial charge is 0.262 e. The van der Waals surface area contributed by atoms with Gasteiger partial charge >= 0.3 is 0 Å². The van der Waals surface area contributed by atoms with Gasteiger partial charge in [-0.25, -0.2) is 8.42 Å². The predicted octanol–water partition coefficient (Wildman–Crippen LogP) is 2.32. The van der Waals surface area contributed by atoms with Gasteiger partial charge in [-0.1, -0.05) is 35.9 Å². The zero-order valence-electron chi connectivity index (χ0n) is 17.8. The number of benzene rings is 2. The summed E-state index contributed by atoms with van der Waals surface area (Å²) in [4.78, 5) is 42.6. The van der Waals surface area contributed by atoms with Crippen molar-refractivity contribution in [2.24, 2.45) is 0 Å². The van der Waals surface area contributed by atoms with Gasteiger partial charge in [0.1, 0.15) is 11.8 Å². The third-order valence-electron chi connectivity index (χ3n) is 5.44. The number of fused-ring (bicyclic) bond motifs is 1. The molecule has 0 aliphatic carbocycles. The molecule has 4 rings (SSSR count). The first-order chi connectivity index (χ1) is 15.8. The number of aromatic nitrogens is 1. The van der Waals surface area contributed by atoms with Crippen molar-refractivity contribution in [1.29, 1.82) is 0 Å². The van der Waals surface area contributed by atoms with Crippen molar-refractivity contribution in [3.8, 4) is 0 Å². The highest BCUT2D eigenvalue weighted by Crippen LogP contribution is 2.28. The molecule has 2 aromatic carbocycles. The van der Waals surface area contributed by atoms with E-state index in [4.69, 9.17) is 0 Å². The molecule has 1 aliphatic heterocycles. The van der Waals surface area contributed by atoms with Crippen LogP contribution in [0.15, 0.2) is 78.0 Å². The lowest BCUT2D eigenvalue weighted by molar-refractivity contribution is -0.121. The third-order valence-corrected chi connectivity index (χ3v) is 7.56. The number of sulfone groups is 1. The van der Waals surface area contributed by atoms with Crippen LogP contribution in [-0.2, 0) is 14.6 Å². The Morgan fingerprint density at radius 1 is 0.970 bits per heavy atom. The molecule has 1 unspecified atom stereocenters. The molecule has 1 aliphatic rings. The molecule has 1 N–H and O–H groups in total. The second-order valence-corrected chi connectivity index (χ2v) is 9.81. The third kappa shape index (κ3) is 4.40. The standard InChI is InChI=1S/C24H21N3O5S/c1-16-8-10-18(11-9-16)33(31,32)21(17-5-4-12-25-13-17)14-26-22(28)15-27-23(29)19-6-2-3-7-20(19)24(27)30/h2-13,21H,14-15H2,1H3,(H,26,28). The Morgan fingerprint density at radius 3 is 2.18 bits per heavy atom. The van der Waals surface area contributed by atoms with E-state index in [2.05, 4.69) is 10.3 Å². The van der Waals surface area contributed by atoms with Crippen LogP contribution in [0.4, 0.5) is 0 Å². The van der Waals surface area contributed by atoms with E-state index in [9.17, 15) is 22.8 Å². The highest BCUT2D eigenvalue weighted by molar-refractivity contribution is 7.91. The molecule has 8 nitrogen and oxygen atoms in total. The van der Waals surface area contributed by atoms with Gasteiger partial charge in [-0.05, 0) is 42.8 Å². The van der Waals surface area contributed by atoms with E-state index < -0.39 is 39.4 Å². The molecule has 0 radical (unpaired) electrons. The van der Waals surface area contributed by atoms with Crippen LogP contribution in [0.1, 0.15) is 37.1 Å². The van der Waals surface area contributed by atoms with Crippen LogP contribution in [-0.4, -0.2) is 49.1 Å². The van der Waals surface area contributed by atoms with Crippen molar-refractivity contribution in [1.82, 2.24) is 15.2 Å². The Labute approximate surface area is 191 Å². The summed E-state index contributed by atoms with van der Waals surface area (Å²) in [6, 6.07) is 16.0.